The van der Waals surface area contributed by atoms with Crippen LogP contribution in [0.1, 0.15) is 16.7 Å². The summed E-state index contributed by atoms with van der Waals surface area (Å²) < 4.78 is 45.9. The Morgan fingerprint density at radius 3 is 2.28 bits per heavy atom. The Morgan fingerprint density at radius 2 is 1.56 bits per heavy atom. The van der Waals surface area contributed by atoms with E-state index in [-0.39, 0.29) is 5.02 Å². The third-order valence-electron chi connectivity index (χ3n) is 6.07. The van der Waals surface area contributed by atoms with E-state index in [1.807, 2.05) is 47.8 Å². The topological polar surface area (TPSA) is 75.7 Å². The summed E-state index contributed by atoms with van der Waals surface area (Å²) in [5, 5.41) is 3.09. The van der Waals surface area contributed by atoms with Gasteiger partial charge in [-0.1, -0.05) is 72.3 Å². The van der Waals surface area contributed by atoms with Crippen LogP contribution in [0, 0.1) is 0 Å². The van der Waals surface area contributed by atoms with Crippen molar-refractivity contribution in [2.75, 3.05) is 4.90 Å². The van der Waals surface area contributed by atoms with Crippen LogP contribution in [0.25, 0.3) is 16.8 Å². The zero-order valence-electron chi connectivity index (χ0n) is 20.0. The van der Waals surface area contributed by atoms with Gasteiger partial charge in [0.2, 0.25) is 0 Å². The van der Waals surface area contributed by atoms with Crippen molar-refractivity contribution in [2.45, 2.75) is 12.8 Å². The number of nitrogens with zero attached hydrogens (tertiary/aromatic N) is 1. The van der Waals surface area contributed by atoms with Gasteiger partial charge in [-0.3, -0.25) is 14.9 Å². The minimum atomic E-state index is -4.74. The van der Waals surface area contributed by atoms with E-state index in [1.165, 1.54) is 6.08 Å². The highest BCUT2D eigenvalue weighted by molar-refractivity contribution is 6.42. The Hall–Kier alpha value is -4.63. The summed E-state index contributed by atoms with van der Waals surface area (Å²) in [5.41, 5.74) is -0.633. The molecule has 4 aromatic carbocycles. The number of carbonyl (C=O) groups is 3. The van der Waals surface area contributed by atoms with Gasteiger partial charge in [0.25, 0.3) is 11.8 Å². The molecule has 1 N–H and O–H groups in total. The second-order valence-electron chi connectivity index (χ2n) is 8.59. The highest BCUT2D eigenvalue weighted by Crippen LogP contribution is 2.37. The zero-order valence-corrected chi connectivity index (χ0v) is 20.7. The van der Waals surface area contributed by atoms with Gasteiger partial charge in [-0.25, -0.2) is 9.69 Å². The lowest BCUT2D eigenvalue weighted by Gasteiger charge is -2.27. The van der Waals surface area contributed by atoms with E-state index in [9.17, 15) is 27.6 Å². The van der Waals surface area contributed by atoms with Crippen molar-refractivity contribution in [2.24, 2.45) is 0 Å². The van der Waals surface area contributed by atoms with Gasteiger partial charge in [-0.15, -0.1) is 0 Å². The summed E-state index contributed by atoms with van der Waals surface area (Å²) >= 11 is 6.06. The monoisotopic (exact) mass is 550 g/mol. The average Bonchev–Trinajstić information content (AvgIpc) is 2.91. The Bertz CT molecular complexity index is 1650. The molecular weight excluding hydrogens is 533 g/mol. The first kappa shape index (κ1) is 26.0. The number of benzene rings is 4. The van der Waals surface area contributed by atoms with Crippen LogP contribution < -0.4 is 15.0 Å². The summed E-state index contributed by atoms with van der Waals surface area (Å²) in [7, 11) is 0. The number of imide groups is 2. The van der Waals surface area contributed by atoms with E-state index in [1.54, 1.807) is 24.3 Å². The van der Waals surface area contributed by atoms with E-state index >= 15 is 0 Å². The summed E-state index contributed by atoms with van der Waals surface area (Å²) in [6.45, 7) is 0.320. The fourth-order valence-electron chi connectivity index (χ4n) is 4.17. The minimum Gasteiger partial charge on any atom is -0.488 e. The van der Waals surface area contributed by atoms with Gasteiger partial charge in [0, 0.05) is 5.39 Å². The summed E-state index contributed by atoms with van der Waals surface area (Å²) in [6.07, 6.45) is -3.46. The highest BCUT2D eigenvalue weighted by atomic mass is 35.5. The van der Waals surface area contributed by atoms with Crippen LogP contribution in [0.15, 0.2) is 90.5 Å². The Kier molecular flexibility index (Phi) is 6.84. The molecule has 1 heterocycles. The molecule has 0 saturated carbocycles. The molecule has 0 spiro atoms. The number of ether oxygens (including phenoxy) is 1. The maximum Gasteiger partial charge on any atom is 0.416 e. The van der Waals surface area contributed by atoms with Gasteiger partial charge in [0.15, 0.2) is 0 Å². The van der Waals surface area contributed by atoms with E-state index in [0.717, 1.165) is 17.7 Å². The predicted octanol–water partition coefficient (Wildman–Crippen LogP) is 6.76. The number of anilines is 1. The number of barbiturate groups is 1. The van der Waals surface area contributed by atoms with Crippen LogP contribution in [0.2, 0.25) is 5.02 Å². The molecule has 196 valence electrons. The third kappa shape index (κ3) is 5.21. The fraction of sp³-hybridized carbons (Fsp3) is 0.0690. The second-order valence-corrected chi connectivity index (χ2v) is 9.00. The van der Waals surface area contributed by atoms with Crippen molar-refractivity contribution in [3.63, 3.8) is 0 Å². The smallest absolute Gasteiger partial charge is 0.416 e. The van der Waals surface area contributed by atoms with E-state index in [4.69, 9.17) is 16.3 Å². The quantitative estimate of drug-likeness (QED) is 0.220. The molecule has 0 aromatic heterocycles. The molecule has 0 bridgehead atoms. The van der Waals surface area contributed by atoms with Crippen LogP contribution in [-0.4, -0.2) is 17.8 Å². The number of fused-ring (bicyclic) bond motifs is 1. The number of halogens is 4. The van der Waals surface area contributed by atoms with Gasteiger partial charge in [-0.05, 0) is 46.9 Å². The molecule has 10 heteroatoms. The summed E-state index contributed by atoms with van der Waals surface area (Å²) in [5.74, 6) is -1.53. The highest BCUT2D eigenvalue weighted by Gasteiger charge is 2.39. The number of carbonyl (C=O) groups excluding carboxylic acids is 3. The molecule has 0 unspecified atom stereocenters. The van der Waals surface area contributed by atoms with E-state index in [2.05, 4.69) is 0 Å². The molecule has 4 amide bonds. The molecule has 1 aliphatic rings. The average molecular weight is 551 g/mol. The molecule has 1 aliphatic heterocycles. The molecule has 0 aliphatic carbocycles. The van der Waals surface area contributed by atoms with Crippen molar-refractivity contribution in [1.29, 1.82) is 0 Å². The van der Waals surface area contributed by atoms with E-state index in [0.29, 0.717) is 39.7 Å². The fourth-order valence-corrected chi connectivity index (χ4v) is 4.38. The Labute approximate surface area is 225 Å². The van der Waals surface area contributed by atoms with Crippen molar-refractivity contribution in [3.05, 3.63) is 112 Å². The van der Waals surface area contributed by atoms with Crippen molar-refractivity contribution < 1.29 is 32.3 Å². The number of rotatable bonds is 5. The maximum atomic E-state index is 13.3. The largest absolute Gasteiger partial charge is 0.488 e. The first-order valence-electron chi connectivity index (χ1n) is 11.6. The molecular formula is C29H18ClF3N2O4. The lowest BCUT2D eigenvalue weighted by atomic mass is 10.00. The van der Waals surface area contributed by atoms with Crippen LogP contribution in [0.5, 0.6) is 5.75 Å². The van der Waals surface area contributed by atoms with Crippen molar-refractivity contribution in [1.82, 2.24) is 5.32 Å². The van der Waals surface area contributed by atoms with Gasteiger partial charge in [-0.2, -0.15) is 13.2 Å². The minimum absolute atomic E-state index is 0.273. The number of amides is 4. The van der Waals surface area contributed by atoms with Crippen molar-refractivity contribution >= 4 is 52.0 Å². The SMILES string of the molecule is O=C1NC(=O)N(c2cc(C(F)(F)F)ccc2Cl)C(=O)/C1=C/c1ccc(OCc2ccccc2)c2ccccc12. The van der Waals surface area contributed by atoms with Gasteiger partial charge >= 0.3 is 12.2 Å². The first-order valence-corrected chi connectivity index (χ1v) is 12.0. The number of alkyl halides is 3. The Balaban J connectivity index is 1.53. The van der Waals surface area contributed by atoms with Crippen molar-refractivity contribution in [3.8, 4) is 5.75 Å². The molecule has 4 aromatic rings. The predicted molar refractivity (Wildman–Crippen MR) is 140 cm³/mol. The number of hydrogen-bond acceptors (Lipinski definition) is 4. The maximum absolute atomic E-state index is 13.3. The third-order valence-corrected chi connectivity index (χ3v) is 6.39. The van der Waals surface area contributed by atoms with E-state index < -0.39 is 40.8 Å². The normalized spacial score (nSPS) is 15.1. The van der Waals surface area contributed by atoms with Crippen LogP contribution in [0.4, 0.5) is 23.7 Å². The Morgan fingerprint density at radius 1 is 0.872 bits per heavy atom. The lowest BCUT2D eigenvalue weighted by Crippen LogP contribution is -2.54. The summed E-state index contributed by atoms with van der Waals surface area (Å²) in [6, 6.07) is 21.1. The molecule has 6 nitrogen and oxygen atoms in total. The van der Waals surface area contributed by atoms with Crippen LogP contribution in [0.3, 0.4) is 0 Å². The molecule has 1 fully saturated rings. The van der Waals surface area contributed by atoms with Gasteiger partial charge < -0.3 is 4.74 Å². The number of nitrogens with one attached hydrogen (secondary N) is 1. The zero-order chi connectivity index (χ0) is 27.7. The molecule has 39 heavy (non-hydrogen) atoms. The molecule has 0 atom stereocenters. The van der Waals surface area contributed by atoms with Gasteiger partial charge in [0.05, 0.1) is 16.3 Å². The lowest BCUT2D eigenvalue weighted by molar-refractivity contribution is -0.137. The second kappa shape index (κ2) is 10.3. The molecule has 1 saturated heterocycles. The number of hydrogen-bond donors (Lipinski definition) is 1. The molecule has 5 rings (SSSR count). The number of urea groups is 1. The van der Waals surface area contributed by atoms with Gasteiger partial charge in [0.1, 0.15) is 17.9 Å². The summed E-state index contributed by atoms with van der Waals surface area (Å²) in [4.78, 5) is 39.0. The van der Waals surface area contributed by atoms with Crippen LogP contribution in [-0.2, 0) is 22.4 Å². The van der Waals surface area contributed by atoms with Crippen LogP contribution >= 0.6 is 11.6 Å². The standard InChI is InChI=1S/C29H18ClF3N2O4/c30-23-12-11-19(29(31,32)33)15-24(23)35-27(37)22(26(36)34-28(35)38)14-18-10-13-25(21-9-5-4-8-20(18)21)39-16-17-6-2-1-3-7-17/h1-15H,16H2,(H,34,36,38)/b22-14+. The molecule has 0 radical (unpaired) electrons. The first-order chi connectivity index (χ1) is 18.6.